The molecular formula is C22H23N3O3S. The lowest BCUT2D eigenvalue weighted by Crippen LogP contribution is -2.16. The summed E-state index contributed by atoms with van der Waals surface area (Å²) in [4.78, 5) is 29.0. The molecule has 0 aliphatic carbocycles. The van der Waals surface area contributed by atoms with Crippen LogP contribution >= 0.6 is 11.8 Å². The van der Waals surface area contributed by atoms with Gasteiger partial charge in [-0.1, -0.05) is 42.1 Å². The second kappa shape index (κ2) is 9.93. The van der Waals surface area contributed by atoms with Crippen LogP contribution in [0.25, 0.3) is 0 Å². The maximum Gasteiger partial charge on any atom is 0.311 e. The summed E-state index contributed by atoms with van der Waals surface area (Å²) >= 11 is 1.32. The molecule has 1 amide bonds. The first-order valence-corrected chi connectivity index (χ1v) is 10.3. The number of hydrogen-bond acceptors (Lipinski definition) is 6. The predicted molar refractivity (Wildman–Crippen MR) is 119 cm³/mol. The second-order valence-electron chi connectivity index (χ2n) is 6.40. The minimum Gasteiger partial charge on any atom is -0.466 e. The summed E-state index contributed by atoms with van der Waals surface area (Å²) in [7, 11) is 0. The number of hydrogen-bond donors (Lipinski definition) is 2. The van der Waals surface area contributed by atoms with Gasteiger partial charge in [-0.15, -0.1) is 0 Å². The van der Waals surface area contributed by atoms with E-state index in [1.54, 1.807) is 13.0 Å². The zero-order chi connectivity index (χ0) is 20.6. The number of aliphatic imine (C=N–C) groups is 1. The highest BCUT2D eigenvalue weighted by molar-refractivity contribution is 8.14. The van der Waals surface area contributed by atoms with Crippen LogP contribution in [0.1, 0.15) is 18.9 Å². The third kappa shape index (κ3) is 5.96. The van der Waals surface area contributed by atoms with Crippen LogP contribution in [0.3, 0.4) is 0 Å². The lowest BCUT2D eigenvalue weighted by atomic mass is 10.2. The van der Waals surface area contributed by atoms with Gasteiger partial charge in [-0.3, -0.25) is 9.59 Å². The largest absolute Gasteiger partial charge is 0.466 e. The highest BCUT2D eigenvalue weighted by Gasteiger charge is 2.15. The molecule has 1 aliphatic heterocycles. The summed E-state index contributed by atoms with van der Waals surface area (Å²) in [6.07, 6.45) is 1.90. The van der Waals surface area contributed by atoms with Gasteiger partial charge in [0.25, 0.3) is 0 Å². The summed E-state index contributed by atoms with van der Waals surface area (Å²) in [5.41, 5.74) is 4.05. The molecule has 2 aromatic rings. The molecule has 0 unspecified atom stereocenters. The van der Waals surface area contributed by atoms with E-state index in [4.69, 9.17) is 4.74 Å². The van der Waals surface area contributed by atoms with Gasteiger partial charge in [0.1, 0.15) is 0 Å². The van der Waals surface area contributed by atoms with Crippen LogP contribution in [0.5, 0.6) is 0 Å². The SMILES string of the molecule is CCOC(=O)CC1=CC(SCC(=O)Nc2ccccc2C)=Nc2ccccc2N1. The number of thioether (sulfide) groups is 1. The quantitative estimate of drug-likeness (QED) is 0.679. The number of anilines is 2. The fourth-order valence-corrected chi connectivity index (χ4v) is 3.50. The van der Waals surface area contributed by atoms with Crippen molar-refractivity contribution in [1.29, 1.82) is 0 Å². The zero-order valence-electron chi connectivity index (χ0n) is 16.4. The first-order valence-electron chi connectivity index (χ1n) is 9.34. The van der Waals surface area contributed by atoms with Crippen molar-refractivity contribution in [2.24, 2.45) is 4.99 Å². The molecule has 3 rings (SSSR count). The van der Waals surface area contributed by atoms with E-state index in [1.807, 2.05) is 55.5 Å². The first kappa shape index (κ1) is 20.7. The topological polar surface area (TPSA) is 79.8 Å². The summed E-state index contributed by atoms with van der Waals surface area (Å²) in [5.74, 6) is -0.219. The van der Waals surface area contributed by atoms with Gasteiger partial charge in [-0.05, 0) is 43.7 Å². The minimum absolute atomic E-state index is 0.108. The number of amides is 1. The zero-order valence-corrected chi connectivity index (χ0v) is 17.2. The standard InChI is InChI=1S/C22H23N3O3S/c1-3-28-22(27)13-16-12-21(25-19-11-7-6-10-18(19)23-16)29-14-20(26)24-17-9-5-4-8-15(17)2/h4-12,23H,3,13-14H2,1-2H3,(H,24,26). The van der Waals surface area contributed by atoms with Gasteiger partial charge in [0, 0.05) is 11.4 Å². The number of nitrogens with zero attached hydrogens (tertiary/aromatic N) is 1. The third-order valence-corrected chi connectivity index (χ3v) is 5.05. The molecular weight excluding hydrogens is 386 g/mol. The van der Waals surface area contributed by atoms with Crippen molar-refractivity contribution in [2.45, 2.75) is 20.3 Å². The van der Waals surface area contributed by atoms with Gasteiger partial charge in [-0.2, -0.15) is 0 Å². The van der Waals surface area contributed by atoms with E-state index in [0.29, 0.717) is 17.3 Å². The van der Waals surface area contributed by atoms with Gasteiger partial charge in [0.2, 0.25) is 5.91 Å². The highest BCUT2D eigenvalue weighted by Crippen LogP contribution is 2.31. The summed E-state index contributed by atoms with van der Waals surface area (Å²) in [5, 5.41) is 6.82. The van der Waals surface area contributed by atoms with E-state index < -0.39 is 0 Å². The number of benzene rings is 2. The van der Waals surface area contributed by atoms with Crippen LogP contribution in [0.2, 0.25) is 0 Å². The third-order valence-electron chi connectivity index (χ3n) is 4.14. The number of aryl methyl sites for hydroxylation is 1. The van der Waals surface area contributed by atoms with Crippen LogP contribution in [0.15, 0.2) is 65.3 Å². The number of fused-ring (bicyclic) bond motifs is 1. The predicted octanol–water partition coefficient (Wildman–Crippen LogP) is 4.66. The van der Waals surface area contributed by atoms with E-state index in [-0.39, 0.29) is 24.1 Å². The number of esters is 1. The van der Waals surface area contributed by atoms with Crippen molar-refractivity contribution < 1.29 is 14.3 Å². The second-order valence-corrected chi connectivity index (χ2v) is 7.39. The van der Waals surface area contributed by atoms with Crippen LogP contribution < -0.4 is 10.6 Å². The van der Waals surface area contributed by atoms with Gasteiger partial charge in [0.05, 0.1) is 35.2 Å². The van der Waals surface area contributed by atoms with Crippen LogP contribution in [-0.2, 0) is 14.3 Å². The fourth-order valence-electron chi connectivity index (χ4n) is 2.76. The maximum absolute atomic E-state index is 12.4. The Morgan fingerprint density at radius 3 is 2.69 bits per heavy atom. The van der Waals surface area contributed by atoms with Crippen molar-refractivity contribution in [2.75, 3.05) is 23.0 Å². The highest BCUT2D eigenvalue weighted by atomic mass is 32.2. The minimum atomic E-state index is -0.313. The molecule has 0 bridgehead atoms. The smallest absolute Gasteiger partial charge is 0.311 e. The molecule has 2 N–H and O–H groups in total. The van der Waals surface area contributed by atoms with Crippen LogP contribution in [-0.4, -0.2) is 29.3 Å². The number of carbonyl (C=O) groups is 2. The Kier molecular flexibility index (Phi) is 7.08. The van der Waals surface area contributed by atoms with Gasteiger partial charge in [0.15, 0.2) is 0 Å². The van der Waals surface area contributed by atoms with Crippen molar-refractivity contribution in [1.82, 2.24) is 0 Å². The van der Waals surface area contributed by atoms with Crippen molar-refractivity contribution in [3.05, 3.63) is 65.9 Å². The molecule has 0 atom stereocenters. The van der Waals surface area contributed by atoms with Crippen molar-refractivity contribution in [3.8, 4) is 0 Å². The number of carbonyl (C=O) groups excluding carboxylic acids is 2. The van der Waals surface area contributed by atoms with Crippen molar-refractivity contribution in [3.63, 3.8) is 0 Å². The molecule has 0 fully saturated rings. The van der Waals surface area contributed by atoms with Gasteiger partial charge in [-0.25, -0.2) is 4.99 Å². The molecule has 0 saturated carbocycles. The van der Waals surface area contributed by atoms with Crippen molar-refractivity contribution >= 4 is 45.7 Å². The first-order chi connectivity index (χ1) is 14.0. The number of rotatable bonds is 6. The Morgan fingerprint density at radius 1 is 1.14 bits per heavy atom. The number of nitrogens with one attached hydrogen (secondary N) is 2. The molecule has 29 heavy (non-hydrogen) atoms. The molecule has 0 radical (unpaired) electrons. The molecule has 0 aromatic heterocycles. The summed E-state index contributed by atoms with van der Waals surface area (Å²) in [6, 6.07) is 15.2. The molecule has 6 nitrogen and oxygen atoms in total. The molecule has 7 heteroatoms. The molecule has 1 aliphatic rings. The number of ether oxygens (including phenoxy) is 1. The average molecular weight is 410 g/mol. The fraction of sp³-hybridized carbons (Fsp3) is 0.227. The summed E-state index contributed by atoms with van der Waals surface area (Å²) in [6.45, 7) is 4.06. The van der Waals surface area contributed by atoms with E-state index in [1.165, 1.54) is 11.8 Å². The van der Waals surface area contributed by atoms with Gasteiger partial charge >= 0.3 is 5.97 Å². The monoisotopic (exact) mass is 409 g/mol. The van der Waals surface area contributed by atoms with Gasteiger partial charge < -0.3 is 15.4 Å². The molecule has 2 aromatic carbocycles. The lowest BCUT2D eigenvalue weighted by Gasteiger charge is -2.10. The van der Waals surface area contributed by atoms with E-state index in [9.17, 15) is 9.59 Å². The van der Waals surface area contributed by atoms with E-state index in [0.717, 1.165) is 22.6 Å². The normalized spacial score (nSPS) is 12.6. The molecule has 1 heterocycles. The maximum atomic E-state index is 12.4. The Hall–Kier alpha value is -3.06. The molecule has 0 saturated heterocycles. The van der Waals surface area contributed by atoms with E-state index >= 15 is 0 Å². The average Bonchev–Trinajstić information content (AvgIpc) is 2.87. The lowest BCUT2D eigenvalue weighted by molar-refractivity contribution is -0.142. The summed E-state index contributed by atoms with van der Waals surface area (Å²) < 4.78 is 5.05. The molecule has 150 valence electrons. The number of para-hydroxylation sites is 3. The van der Waals surface area contributed by atoms with E-state index in [2.05, 4.69) is 15.6 Å². The Labute approximate surface area is 174 Å². The molecule has 0 spiro atoms. The Balaban J connectivity index is 1.72. The Morgan fingerprint density at radius 2 is 1.90 bits per heavy atom. The van der Waals surface area contributed by atoms with Crippen LogP contribution in [0.4, 0.5) is 17.1 Å². The van der Waals surface area contributed by atoms with Crippen LogP contribution in [0, 0.1) is 6.92 Å². The Bertz CT molecular complexity index is 969.